The Bertz CT molecular complexity index is 745. The van der Waals surface area contributed by atoms with Gasteiger partial charge in [-0.1, -0.05) is 62.4 Å². The van der Waals surface area contributed by atoms with E-state index >= 15 is 0 Å². The van der Waals surface area contributed by atoms with E-state index in [4.69, 9.17) is 0 Å². The fourth-order valence-electron chi connectivity index (χ4n) is 2.93. The molecular weight excluding hydrogens is 346 g/mol. The number of hydrogen-bond acceptors (Lipinski definition) is 3. The maximum absolute atomic E-state index is 12.9. The van der Waals surface area contributed by atoms with Crippen LogP contribution in [-0.4, -0.2) is 37.0 Å². The summed E-state index contributed by atoms with van der Waals surface area (Å²) in [6.45, 7) is 4.49. The Morgan fingerprint density at radius 1 is 0.923 bits per heavy atom. The molecule has 0 aliphatic rings. The van der Waals surface area contributed by atoms with Gasteiger partial charge >= 0.3 is 0 Å². The average Bonchev–Trinajstić information content (AvgIpc) is 2.62. The van der Waals surface area contributed by atoms with Gasteiger partial charge in [0.2, 0.25) is 10.0 Å². The molecule has 1 atom stereocenters. The number of aliphatic hydroxyl groups is 1. The highest BCUT2D eigenvalue weighted by atomic mass is 32.2. The van der Waals surface area contributed by atoms with Crippen LogP contribution >= 0.6 is 0 Å². The number of rotatable bonds is 10. The molecular formula is C21H29NO3S. The van der Waals surface area contributed by atoms with Crippen molar-refractivity contribution in [3.05, 3.63) is 66.2 Å². The first-order chi connectivity index (χ1) is 12.4. The van der Waals surface area contributed by atoms with Crippen LogP contribution in [0.15, 0.2) is 65.6 Å². The van der Waals surface area contributed by atoms with Gasteiger partial charge in [0, 0.05) is 13.1 Å². The molecule has 0 unspecified atom stereocenters. The van der Waals surface area contributed by atoms with E-state index in [0.717, 1.165) is 12.8 Å². The normalized spacial score (nSPS) is 13.3. The first-order valence-electron chi connectivity index (χ1n) is 9.17. The third-order valence-electron chi connectivity index (χ3n) is 4.21. The summed E-state index contributed by atoms with van der Waals surface area (Å²) in [6, 6.07) is 18.6. The molecule has 0 spiro atoms. The van der Waals surface area contributed by atoms with Gasteiger partial charge in [-0.05, 0) is 42.9 Å². The molecule has 5 heteroatoms. The van der Waals surface area contributed by atoms with E-state index in [1.165, 1.54) is 9.87 Å². The molecule has 0 aromatic heterocycles. The van der Waals surface area contributed by atoms with Crippen LogP contribution in [0.3, 0.4) is 0 Å². The number of nitrogens with zero attached hydrogens (tertiary/aromatic N) is 1. The van der Waals surface area contributed by atoms with Crippen molar-refractivity contribution >= 4 is 10.0 Å². The topological polar surface area (TPSA) is 57.6 Å². The van der Waals surface area contributed by atoms with Crippen molar-refractivity contribution in [1.29, 1.82) is 0 Å². The van der Waals surface area contributed by atoms with Crippen molar-refractivity contribution in [2.24, 2.45) is 5.92 Å². The third-order valence-corrected chi connectivity index (χ3v) is 6.06. The Labute approximate surface area is 157 Å². The third kappa shape index (κ3) is 6.24. The SMILES string of the molecule is CC(C)CN(C[C@H](O)CCCc1ccccc1)S(=O)(=O)c1ccccc1. The van der Waals surface area contributed by atoms with Gasteiger partial charge in [-0.25, -0.2) is 8.42 Å². The first-order valence-corrected chi connectivity index (χ1v) is 10.6. The predicted octanol–water partition coefficient (Wildman–Crippen LogP) is 3.72. The van der Waals surface area contributed by atoms with Crippen molar-refractivity contribution in [1.82, 2.24) is 4.31 Å². The lowest BCUT2D eigenvalue weighted by molar-refractivity contribution is 0.131. The highest BCUT2D eigenvalue weighted by Crippen LogP contribution is 2.18. The van der Waals surface area contributed by atoms with Gasteiger partial charge < -0.3 is 5.11 Å². The smallest absolute Gasteiger partial charge is 0.243 e. The van der Waals surface area contributed by atoms with E-state index in [9.17, 15) is 13.5 Å². The molecule has 2 aromatic rings. The Morgan fingerprint density at radius 2 is 1.50 bits per heavy atom. The molecule has 2 aromatic carbocycles. The number of aryl methyl sites for hydroxylation is 1. The minimum Gasteiger partial charge on any atom is -0.392 e. The monoisotopic (exact) mass is 375 g/mol. The zero-order chi connectivity index (χ0) is 19.0. The summed E-state index contributed by atoms with van der Waals surface area (Å²) >= 11 is 0. The lowest BCUT2D eigenvalue weighted by atomic mass is 10.1. The average molecular weight is 376 g/mol. The van der Waals surface area contributed by atoms with Gasteiger partial charge in [0.15, 0.2) is 0 Å². The summed E-state index contributed by atoms with van der Waals surface area (Å²) in [5.74, 6) is 0.185. The summed E-state index contributed by atoms with van der Waals surface area (Å²) in [7, 11) is -3.60. The lowest BCUT2D eigenvalue weighted by Gasteiger charge is -2.26. The van der Waals surface area contributed by atoms with Crippen LogP contribution in [0.25, 0.3) is 0 Å². The second kappa shape index (κ2) is 9.86. The Balaban J connectivity index is 1.98. The van der Waals surface area contributed by atoms with Gasteiger partial charge in [0.1, 0.15) is 0 Å². The Morgan fingerprint density at radius 3 is 2.08 bits per heavy atom. The second-order valence-corrected chi connectivity index (χ2v) is 9.00. The van der Waals surface area contributed by atoms with E-state index in [2.05, 4.69) is 12.1 Å². The molecule has 0 heterocycles. The maximum Gasteiger partial charge on any atom is 0.243 e. The number of hydrogen-bond donors (Lipinski definition) is 1. The molecule has 1 N–H and O–H groups in total. The van der Waals surface area contributed by atoms with E-state index in [0.29, 0.717) is 13.0 Å². The van der Waals surface area contributed by atoms with Crippen molar-refractivity contribution in [3.63, 3.8) is 0 Å². The molecule has 0 saturated heterocycles. The van der Waals surface area contributed by atoms with Crippen molar-refractivity contribution < 1.29 is 13.5 Å². The summed E-state index contributed by atoms with van der Waals surface area (Å²) < 4.78 is 27.2. The van der Waals surface area contributed by atoms with Crippen LogP contribution in [0.1, 0.15) is 32.3 Å². The van der Waals surface area contributed by atoms with Gasteiger partial charge in [0.05, 0.1) is 11.0 Å². The highest BCUT2D eigenvalue weighted by molar-refractivity contribution is 7.89. The number of sulfonamides is 1. The quantitative estimate of drug-likeness (QED) is 0.689. The van der Waals surface area contributed by atoms with Crippen LogP contribution in [0.5, 0.6) is 0 Å². The summed E-state index contributed by atoms with van der Waals surface area (Å²) in [5.41, 5.74) is 1.23. The molecule has 2 rings (SSSR count). The molecule has 0 amide bonds. The fourth-order valence-corrected chi connectivity index (χ4v) is 4.59. The molecule has 0 bridgehead atoms. The Kier molecular flexibility index (Phi) is 7.82. The van der Waals surface area contributed by atoms with Crippen LogP contribution in [0.4, 0.5) is 0 Å². The van der Waals surface area contributed by atoms with E-state index in [1.54, 1.807) is 30.3 Å². The van der Waals surface area contributed by atoms with E-state index in [1.807, 2.05) is 32.0 Å². The zero-order valence-electron chi connectivity index (χ0n) is 15.6. The first kappa shape index (κ1) is 20.6. The fraction of sp³-hybridized carbons (Fsp3) is 0.429. The highest BCUT2D eigenvalue weighted by Gasteiger charge is 2.26. The number of aliphatic hydroxyl groups excluding tert-OH is 1. The largest absolute Gasteiger partial charge is 0.392 e. The van der Waals surface area contributed by atoms with Crippen molar-refractivity contribution in [2.45, 2.75) is 44.1 Å². The molecule has 0 saturated carbocycles. The maximum atomic E-state index is 12.9. The number of benzene rings is 2. The van der Waals surface area contributed by atoms with Gasteiger partial charge in [-0.2, -0.15) is 4.31 Å². The molecule has 4 nitrogen and oxygen atoms in total. The minimum atomic E-state index is -3.60. The second-order valence-electron chi connectivity index (χ2n) is 7.06. The molecule has 142 valence electrons. The van der Waals surface area contributed by atoms with Crippen LogP contribution < -0.4 is 0 Å². The van der Waals surface area contributed by atoms with E-state index < -0.39 is 16.1 Å². The zero-order valence-corrected chi connectivity index (χ0v) is 16.4. The van der Waals surface area contributed by atoms with Gasteiger partial charge in [0.25, 0.3) is 0 Å². The molecule has 0 radical (unpaired) electrons. The summed E-state index contributed by atoms with van der Waals surface area (Å²) in [6.07, 6.45) is 1.61. The van der Waals surface area contributed by atoms with Crippen LogP contribution in [0.2, 0.25) is 0 Å². The summed E-state index contributed by atoms with van der Waals surface area (Å²) in [4.78, 5) is 0.275. The van der Waals surface area contributed by atoms with Crippen molar-refractivity contribution in [2.75, 3.05) is 13.1 Å². The minimum absolute atomic E-state index is 0.129. The molecule has 0 aliphatic carbocycles. The molecule has 0 aliphatic heterocycles. The Hall–Kier alpha value is -1.69. The van der Waals surface area contributed by atoms with Gasteiger partial charge in [-0.3, -0.25) is 0 Å². The predicted molar refractivity (Wildman–Crippen MR) is 105 cm³/mol. The van der Waals surface area contributed by atoms with E-state index in [-0.39, 0.29) is 17.4 Å². The standard InChI is InChI=1S/C21H29NO3S/c1-18(2)16-22(26(24,25)21-14-7-4-8-15-21)17-20(23)13-9-12-19-10-5-3-6-11-19/h3-8,10-11,14-15,18,20,23H,9,12-13,16-17H2,1-2H3/t20-/m1/s1. The summed E-state index contributed by atoms with van der Waals surface area (Å²) in [5, 5.41) is 10.4. The van der Waals surface area contributed by atoms with Crippen molar-refractivity contribution in [3.8, 4) is 0 Å². The molecule has 0 fully saturated rings. The molecule has 26 heavy (non-hydrogen) atoms. The van der Waals surface area contributed by atoms with Crippen LogP contribution in [0, 0.1) is 5.92 Å². The van der Waals surface area contributed by atoms with Gasteiger partial charge in [-0.15, -0.1) is 0 Å². The lowest BCUT2D eigenvalue weighted by Crippen LogP contribution is -2.39. The van der Waals surface area contributed by atoms with Crippen LogP contribution in [-0.2, 0) is 16.4 Å².